The first-order chi connectivity index (χ1) is 10.2. The quantitative estimate of drug-likeness (QED) is 0.783. The fourth-order valence-corrected chi connectivity index (χ4v) is 2.65. The number of aromatic nitrogens is 2. The molecule has 0 aliphatic heterocycles. The normalized spacial score (nSPS) is 16.3. The Labute approximate surface area is 119 Å². The fourth-order valence-electron chi connectivity index (χ4n) is 2.65. The van der Waals surface area contributed by atoms with Gasteiger partial charge < -0.3 is 9.63 Å². The van der Waals surface area contributed by atoms with E-state index >= 15 is 0 Å². The number of halogens is 1. The third-order valence-corrected chi connectivity index (χ3v) is 3.79. The summed E-state index contributed by atoms with van der Waals surface area (Å²) in [5, 5.41) is 13.2. The van der Waals surface area contributed by atoms with Gasteiger partial charge in [-0.05, 0) is 29.7 Å². The summed E-state index contributed by atoms with van der Waals surface area (Å²) in [5.41, 5.74) is 2.67. The Balaban J connectivity index is 1.68. The molecule has 1 heterocycles. The summed E-state index contributed by atoms with van der Waals surface area (Å²) in [5.74, 6) is 0.0880. The summed E-state index contributed by atoms with van der Waals surface area (Å²) in [6, 6.07) is 11.9. The average molecular weight is 282 g/mol. The van der Waals surface area contributed by atoms with Crippen LogP contribution in [0.2, 0.25) is 0 Å². The molecule has 4 rings (SSSR count). The molecule has 1 unspecified atom stereocenters. The van der Waals surface area contributed by atoms with E-state index in [1.165, 1.54) is 23.3 Å². The summed E-state index contributed by atoms with van der Waals surface area (Å²) in [7, 11) is 0. The molecule has 0 saturated carbocycles. The monoisotopic (exact) mass is 282 g/mol. The van der Waals surface area contributed by atoms with E-state index in [1.807, 2.05) is 18.2 Å². The van der Waals surface area contributed by atoms with Crippen molar-refractivity contribution in [2.75, 3.05) is 0 Å². The highest BCUT2D eigenvalue weighted by Crippen LogP contribution is 2.39. The molecule has 1 aliphatic rings. The number of phenols is 1. The lowest BCUT2D eigenvalue weighted by Gasteiger charge is -2.27. The summed E-state index contributed by atoms with van der Waals surface area (Å²) >= 11 is 0. The Morgan fingerprint density at radius 3 is 2.86 bits per heavy atom. The second kappa shape index (κ2) is 4.41. The van der Waals surface area contributed by atoms with Crippen LogP contribution in [0, 0.1) is 5.82 Å². The Bertz CT molecular complexity index is 829. The van der Waals surface area contributed by atoms with E-state index in [2.05, 4.69) is 16.2 Å². The van der Waals surface area contributed by atoms with Crippen LogP contribution in [0.25, 0.3) is 11.5 Å². The molecule has 4 nitrogen and oxygen atoms in total. The van der Waals surface area contributed by atoms with E-state index in [1.54, 1.807) is 0 Å². The molecule has 1 atom stereocenters. The van der Waals surface area contributed by atoms with Gasteiger partial charge in [0.15, 0.2) is 5.82 Å². The van der Waals surface area contributed by atoms with E-state index in [9.17, 15) is 9.50 Å². The standard InChI is InChI=1S/C16H11FN2O2/c17-14-8-10(20)5-6-12(14)16-18-15(19-21-16)13-7-9-3-1-2-4-11(9)13/h1-6,8,13,20H,7H2. The van der Waals surface area contributed by atoms with Crippen molar-refractivity contribution in [2.24, 2.45) is 0 Å². The van der Waals surface area contributed by atoms with Crippen LogP contribution in [0.3, 0.4) is 0 Å². The minimum absolute atomic E-state index is 0.110. The molecular formula is C16H11FN2O2. The van der Waals surface area contributed by atoms with Gasteiger partial charge in [0, 0.05) is 6.07 Å². The zero-order valence-corrected chi connectivity index (χ0v) is 11.0. The lowest BCUT2D eigenvalue weighted by atomic mass is 9.77. The number of rotatable bonds is 2. The van der Waals surface area contributed by atoms with Gasteiger partial charge in [0.2, 0.25) is 0 Å². The minimum atomic E-state index is -0.584. The van der Waals surface area contributed by atoms with Crippen LogP contribution in [0.15, 0.2) is 47.0 Å². The van der Waals surface area contributed by atoms with Crippen LogP contribution < -0.4 is 0 Å². The Kier molecular flexibility index (Phi) is 2.54. The molecule has 0 saturated heterocycles. The van der Waals surface area contributed by atoms with Crippen molar-refractivity contribution in [2.45, 2.75) is 12.3 Å². The van der Waals surface area contributed by atoms with Crippen molar-refractivity contribution in [3.63, 3.8) is 0 Å². The highest BCUT2D eigenvalue weighted by Gasteiger charge is 2.31. The lowest BCUT2D eigenvalue weighted by molar-refractivity contribution is 0.413. The van der Waals surface area contributed by atoms with Gasteiger partial charge in [-0.1, -0.05) is 29.4 Å². The highest BCUT2D eigenvalue weighted by atomic mass is 19.1. The van der Waals surface area contributed by atoms with Gasteiger partial charge in [0.05, 0.1) is 11.5 Å². The van der Waals surface area contributed by atoms with E-state index in [0.29, 0.717) is 5.82 Å². The number of fused-ring (bicyclic) bond motifs is 1. The minimum Gasteiger partial charge on any atom is -0.508 e. The maximum atomic E-state index is 13.8. The highest BCUT2D eigenvalue weighted by molar-refractivity contribution is 5.56. The van der Waals surface area contributed by atoms with Crippen molar-refractivity contribution in [1.29, 1.82) is 0 Å². The molecule has 5 heteroatoms. The fraction of sp³-hybridized carbons (Fsp3) is 0.125. The van der Waals surface area contributed by atoms with E-state index in [4.69, 9.17) is 4.52 Å². The average Bonchev–Trinajstić information content (AvgIpc) is 2.89. The third-order valence-electron chi connectivity index (χ3n) is 3.79. The largest absolute Gasteiger partial charge is 0.508 e. The molecule has 2 aromatic carbocycles. The van der Waals surface area contributed by atoms with E-state index < -0.39 is 5.82 Å². The van der Waals surface area contributed by atoms with Crippen LogP contribution in [0.1, 0.15) is 22.9 Å². The predicted octanol–water partition coefficient (Wildman–Crippen LogP) is 3.27. The van der Waals surface area contributed by atoms with Crippen LogP contribution in [-0.4, -0.2) is 15.2 Å². The second-order valence-corrected chi connectivity index (χ2v) is 5.08. The second-order valence-electron chi connectivity index (χ2n) is 5.08. The van der Waals surface area contributed by atoms with Gasteiger partial charge in [-0.25, -0.2) is 4.39 Å². The SMILES string of the molecule is Oc1ccc(-c2nc(C3Cc4ccccc43)no2)c(F)c1. The number of hydrogen-bond donors (Lipinski definition) is 1. The molecule has 0 radical (unpaired) electrons. The summed E-state index contributed by atoms with van der Waals surface area (Å²) < 4.78 is 19.0. The first-order valence-corrected chi connectivity index (χ1v) is 6.62. The first kappa shape index (κ1) is 12.1. The Morgan fingerprint density at radius 2 is 2.05 bits per heavy atom. The Morgan fingerprint density at radius 1 is 1.19 bits per heavy atom. The van der Waals surface area contributed by atoms with Crippen LogP contribution >= 0.6 is 0 Å². The zero-order chi connectivity index (χ0) is 14.4. The van der Waals surface area contributed by atoms with Gasteiger partial charge in [0.25, 0.3) is 5.89 Å². The Hall–Kier alpha value is -2.69. The van der Waals surface area contributed by atoms with Crippen LogP contribution in [-0.2, 0) is 6.42 Å². The first-order valence-electron chi connectivity index (χ1n) is 6.62. The molecule has 0 bridgehead atoms. The smallest absolute Gasteiger partial charge is 0.260 e. The van der Waals surface area contributed by atoms with E-state index in [0.717, 1.165) is 12.5 Å². The van der Waals surface area contributed by atoms with Gasteiger partial charge in [-0.2, -0.15) is 4.98 Å². The maximum absolute atomic E-state index is 13.8. The predicted molar refractivity (Wildman–Crippen MR) is 73.3 cm³/mol. The number of aromatic hydroxyl groups is 1. The molecule has 21 heavy (non-hydrogen) atoms. The molecule has 0 amide bonds. The zero-order valence-electron chi connectivity index (χ0n) is 11.0. The van der Waals surface area contributed by atoms with E-state index in [-0.39, 0.29) is 23.1 Å². The summed E-state index contributed by atoms with van der Waals surface area (Å²) in [6.45, 7) is 0. The molecule has 104 valence electrons. The lowest BCUT2D eigenvalue weighted by Crippen LogP contribution is -2.19. The van der Waals surface area contributed by atoms with Gasteiger partial charge in [-0.3, -0.25) is 0 Å². The van der Waals surface area contributed by atoms with Crippen molar-refractivity contribution in [3.8, 4) is 17.2 Å². The van der Waals surface area contributed by atoms with Crippen molar-refractivity contribution in [1.82, 2.24) is 10.1 Å². The molecule has 0 spiro atoms. The van der Waals surface area contributed by atoms with Gasteiger partial charge in [-0.15, -0.1) is 0 Å². The third kappa shape index (κ3) is 1.89. The van der Waals surface area contributed by atoms with Crippen LogP contribution in [0.5, 0.6) is 5.75 Å². The summed E-state index contributed by atoms with van der Waals surface area (Å²) in [6.07, 6.45) is 0.868. The van der Waals surface area contributed by atoms with Gasteiger partial charge >= 0.3 is 0 Å². The number of phenolic OH excluding ortho intramolecular Hbond substituents is 1. The van der Waals surface area contributed by atoms with Crippen LogP contribution in [0.4, 0.5) is 4.39 Å². The van der Waals surface area contributed by atoms with Crippen molar-refractivity contribution < 1.29 is 14.0 Å². The summed E-state index contributed by atoms with van der Waals surface area (Å²) in [4.78, 5) is 4.29. The molecule has 0 fully saturated rings. The number of benzene rings is 2. The van der Waals surface area contributed by atoms with Gasteiger partial charge in [0.1, 0.15) is 11.6 Å². The molecule has 1 aliphatic carbocycles. The molecular weight excluding hydrogens is 271 g/mol. The molecule has 3 aromatic rings. The molecule has 1 N–H and O–H groups in total. The molecule has 1 aromatic heterocycles. The van der Waals surface area contributed by atoms with Crippen molar-refractivity contribution >= 4 is 0 Å². The maximum Gasteiger partial charge on any atom is 0.260 e. The number of nitrogens with zero attached hydrogens (tertiary/aromatic N) is 2. The number of hydrogen-bond acceptors (Lipinski definition) is 4. The van der Waals surface area contributed by atoms with Crippen molar-refractivity contribution in [3.05, 3.63) is 65.2 Å². The topological polar surface area (TPSA) is 59.2 Å².